The fourth-order valence-electron chi connectivity index (χ4n) is 0.501. The van der Waals surface area contributed by atoms with E-state index in [0.717, 1.165) is 6.54 Å². The highest BCUT2D eigenvalue weighted by molar-refractivity contribution is 4.43. The minimum absolute atomic E-state index is 0.345. The maximum atomic E-state index is 8.78. The van der Waals surface area contributed by atoms with Crippen LogP contribution in [-0.2, 0) is 4.74 Å². The first kappa shape index (κ1) is 9.88. The number of hydrogen-bond acceptors (Lipinski definition) is 3. The van der Waals surface area contributed by atoms with E-state index in [1.165, 1.54) is 0 Å². The zero-order chi connectivity index (χ0) is 7.98. The Morgan fingerprint density at radius 2 is 2.10 bits per heavy atom. The third kappa shape index (κ3) is 7.88. The van der Waals surface area contributed by atoms with Crippen molar-refractivity contribution in [3.8, 4) is 0 Å². The normalized spacial score (nSPS) is 14.1. The van der Waals surface area contributed by atoms with Crippen LogP contribution in [0.25, 0.3) is 0 Å². The molecule has 0 fully saturated rings. The molecular formula is C7H17NO2. The van der Waals surface area contributed by atoms with Gasteiger partial charge in [-0.1, -0.05) is 0 Å². The average Bonchev–Trinajstić information content (AvgIpc) is 1.79. The first-order valence-corrected chi connectivity index (χ1v) is 3.53. The van der Waals surface area contributed by atoms with Crippen LogP contribution < -0.4 is 0 Å². The summed E-state index contributed by atoms with van der Waals surface area (Å²) in [4.78, 5) is 2.04. The summed E-state index contributed by atoms with van der Waals surface area (Å²) in [6.07, 6.45) is -0.345. The van der Waals surface area contributed by atoms with Gasteiger partial charge in [0.25, 0.3) is 0 Å². The molecule has 0 saturated carbocycles. The molecule has 1 atom stereocenters. The van der Waals surface area contributed by atoms with E-state index in [-0.39, 0.29) is 6.10 Å². The Bertz CT molecular complexity index is 64.0. The van der Waals surface area contributed by atoms with Gasteiger partial charge in [-0.15, -0.1) is 0 Å². The van der Waals surface area contributed by atoms with Gasteiger partial charge in [-0.3, -0.25) is 0 Å². The zero-order valence-corrected chi connectivity index (χ0v) is 7.00. The summed E-state index contributed by atoms with van der Waals surface area (Å²) in [5, 5.41) is 8.78. The van der Waals surface area contributed by atoms with E-state index in [1.807, 2.05) is 19.0 Å². The minimum Gasteiger partial charge on any atom is -0.391 e. The summed E-state index contributed by atoms with van der Waals surface area (Å²) in [5.41, 5.74) is 0. The zero-order valence-electron chi connectivity index (χ0n) is 7.00. The van der Waals surface area contributed by atoms with Crippen molar-refractivity contribution in [1.29, 1.82) is 0 Å². The summed E-state index contributed by atoms with van der Waals surface area (Å²) in [6, 6.07) is 0. The Hall–Kier alpha value is -0.120. The van der Waals surface area contributed by atoms with Crippen LogP contribution in [-0.4, -0.2) is 50.0 Å². The number of aliphatic hydroxyl groups excluding tert-OH is 1. The predicted molar refractivity (Wildman–Crippen MR) is 41.1 cm³/mol. The van der Waals surface area contributed by atoms with E-state index in [2.05, 4.69) is 0 Å². The van der Waals surface area contributed by atoms with Gasteiger partial charge in [0.1, 0.15) is 0 Å². The molecule has 0 aliphatic heterocycles. The average molecular weight is 147 g/mol. The lowest BCUT2D eigenvalue weighted by molar-refractivity contribution is 0.0402. The van der Waals surface area contributed by atoms with Crippen molar-refractivity contribution in [3.05, 3.63) is 0 Å². The second-order valence-electron chi connectivity index (χ2n) is 2.73. The Kier molecular flexibility index (Phi) is 5.58. The molecule has 0 aliphatic rings. The number of ether oxygens (including phenoxy) is 1. The topological polar surface area (TPSA) is 32.7 Å². The highest BCUT2D eigenvalue weighted by Gasteiger charge is 1.94. The third-order valence-corrected chi connectivity index (χ3v) is 1.04. The first-order chi connectivity index (χ1) is 4.63. The van der Waals surface area contributed by atoms with Gasteiger partial charge in [0, 0.05) is 6.54 Å². The molecule has 0 heterocycles. The molecule has 0 aliphatic carbocycles. The summed E-state index contributed by atoms with van der Waals surface area (Å²) >= 11 is 0. The van der Waals surface area contributed by atoms with E-state index < -0.39 is 0 Å². The van der Waals surface area contributed by atoms with E-state index in [0.29, 0.717) is 13.2 Å². The Morgan fingerprint density at radius 3 is 2.50 bits per heavy atom. The molecule has 10 heavy (non-hydrogen) atoms. The van der Waals surface area contributed by atoms with Gasteiger partial charge in [-0.05, 0) is 21.0 Å². The minimum atomic E-state index is -0.345. The summed E-state index contributed by atoms with van der Waals surface area (Å²) in [6.45, 7) is 3.76. The summed E-state index contributed by atoms with van der Waals surface area (Å²) in [7, 11) is 3.98. The fraction of sp³-hybridized carbons (Fsp3) is 1.00. The quantitative estimate of drug-likeness (QED) is 0.553. The monoisotopic (exact) mass is 147 g/mol. The number of likely N-dealkylation sites (N-methyl/N-ethyl adjacent to an activating group) is 1. The van der Waals surface area contributed by atoms with Crippen LogP contribution in [0.1, 0.15) is 6.92 Å². The van der Waals surface area contributed by atoms with Crippen LogP contribution in [0, 0.1) is 0 Å². The van der Waals surface area contributed by atoms with Gasteiger partial charge in [-0.25, -0.2) is 0 Å². The maximum absolute atomic E-state index is 8.78. The smallest absolute Gasteiger partial charge is 0.0745 e. The van der Waals surface area contributed by atoms with Gasteiger partial charge in [-0.2, -0.15) is 0 Å². The molecule has 3 heteroatoms. The Labute approximate surface area is 62.6 Å². The molecule has 0 rings (SSSR count). The van der Waals surface area contributed by atoms with Crippen LogP contribution in [0.4, 0.5) is 0 Å². The molecule has 1 unspecified atom stereocenters. The molecule has 1 N–H and O–H groups in total. The lowest BCUT2D eigenvalue weighted by Crippen LogP contribution is -2.20. The van der Waals surface area contributed by atoms with Crippen molar-refractivity contribution in [2.75, 3.05) is 33.9 Å². The van der Waals surface area contributed by atoms with Crippen LogP contribution in [0.3, 0.4) is 0 Å². The summed E-state index contributed by atoms with van der Waals surface area (Å²) < 4.78 is 5.11. The van der Waals surface area contributed by atoms with Crippen LogP contribution in [0.5, 0.6) is 0 Å². The standard InChI is InChI=1S/C7H17NO2/c1-7(9)6-10-5-4-8(2)3/h7,9H,4-6H2,1-3H3. The van der Waals surface area contributed by atoms with Gasteiger partial charge in [0.15, 0.2) is 0 Å². The largest absolute Gasteiger partial charge is 0.391 e. The van der Waals surface area contributed by atoms with Crippen LogP contribution in [0.15, 0.2) is 0 Å². The Morgan fingerprint density at radius 1 is 1.50 bits per heavy atom. The number of nitrogens with zero attached hydrogens (tertiary/aromatic N) is 1. The molecule has 0 spiro atoms. The lowest BCUT2D eigenvalue weighted by atomic mass is 10.4. The Balaban J connectivity index is 2.91. The van der Waals surface area contributed by atoms with Crippen molar-refractivity contribution in [1.82, 2.24) is 4.90 Å². The molecule has 0 aromatic carbocycles. The maximum Gasteiger partial charge on any atom is 0.0745 e. The van der Waals surface area contributed by atoms with Gasteiger partial charge in [0.2, 0.25) is 0 Å². The molecule has 0 bridgehead atoms. The molecule has 0 radical (unpaired) electrons. The second kappa shape index (κ2) is 5.65. The van der Waals surface area contributed by atoms with Gasteiger partial charge in [0.05, 0.1) is 19.3 Å². The van der Waals surface area contributed by atoms with E-state index >= 15 is 0 Å². The lowest BCUT2D eigenvalue weighted by Gasteiger charge is -2.10. The highest BCUT2D eigenvalue weighted by Crippen LogP contribution is 1.83. The predicted octanol–water partition coefficient (Wildman–Crippen LogP) is -0.0546. The van der Waals surface area contributed by atoms with Crippen LogP contribution in [0.2, 0.25) is 0 Å². The number of rotatable bonds is 5. The van der Waals surface area contributed by atoms with Crippen molar-refractivity contribution < 1.29 is 9.84 Å². The highest BCUT2D eigenvalue weighted by atomic mass is 16.5. The van der Waals surface area contributed by atoms with Gasteiger partial charge >= 0.3 is 0 Å². The third-order valence-electron chi connectivity index (χ3n) is 1.04. The second-order valence-corrected chi connectivity index (χ2v) is 2.73. The van der Waals surface area contributed by atoms with Crippen molar-refractivity contribution in [2.24, 2.45) is 0 Å². The molecule has 0 amide bonds. The molecule has 3 nitrogen and oxygen atoms in total. The van der Waals surface area contributed by atoms with Gasteiger partial charge < -0.3 is 14.7 Å². The molecular weight excluding hydrogens is 130 g/mol. The molecule has 0 aromatic rings. The fourth-order valence-corrected chi connectivity index (χ4v) is 0.501. The van der Waals surface area contributed by atoms with E-state index in [1.54, 1.807) is 6.92 Å². The molecule has 0 saturated heterocycles. The number of aliphatic hydroxyl groups is 1. The SMILES string of the molecule is CC(O)COCCN(C)C. The van der Waals surface area contributed by atoms with E-state index in [9.17, 15) is 0 Å². The van der Waals surface area contributed by atoms with Crippen molar-refractivity contribution in [3.63, 3.8) is 0 Å². The molecule has 0 aromatic heterocycles. The van der Waals surface area contributed by atoms with Crippen molar-refractivity contribution in [2.45, 2.75) is 13.0 Å². The summed E-state index contributed by atoms with van der Waals surface area (Å²) in [5.74, 6) is 0. The van der Waals surface area contributed by atoms with Crippen LogP contribution >= 0.6 is 0 Å². The number of hydrogen-bond donors (Lipinski definition) is 1. The first-order valence-electron chi connectivity index (χ1n) is 3.53. The van der Waals surface area contributed by atoms with E-state index in [4.69, 9.17) is 9.84 Å². The van der Waals surface area contributed by atoms with Crippen molar-refractivity contribution >= 4 is 0 Å². The molecule has 62 valence electrons.